The molecule has 4 aliphatic carbocycles. The Balaban J connectivity index is 1.87. The van der Waals surface area contributed by atoms with Gasteiger partial charge in [0.25, 0.3) is 0 Å². The van der Waals surface area contributed by atoms with Crippen LogP contribution in [-0.4, -0.2) is 12.1 Å². The molecule has 0 unspecified atom stereocenters. The minimum absolute atomic E-state index is 0.0729. The van der Waals surface area contributed by atoms with Crippen molar-refractivity contribution in [1.82, 2.24) is 0 Å². The highest BCUT2D eigenvalue weighted by Gasteiger charge is 2.52. The number of ether oxygens (including phenoxy) is 1. The summed E-state index contributed by atoms with van der Waals surface area (Å²) in [6.07, 6.45) is 7.53. The monoisotopic (exact) mass is 179 g/mol. The molecule has 0 atom stereocenters. The summed E-state index contributed by atoms with van der Waals surface area (Å²) in [4.78, 5) is 10.3. The quantitative estimate of drug-likeness (QED) is 0.648. The highest BCUT2D eigenvalue weighted by Crippen LogP contribution is 2.56. The Kier molecular flexibility index (Phi) is 1.50. The van der Waals surface area contributed by atoms with Crippen LogP contribution < -0.4 is 0 Å². The maximum Gasteiger partial charge on any atom is 0.418 e. The largest absolute Gasteiger partial charge is 0.451 e. The van der Waals surface area contributed by atoms with Crippen LogP contribution in [0.25, 0.3) is 0 Å². The summed E-state index contributed by atoms with van der Waals surface area (Å²) >= 11 is 0. The molecule has 4 rings (SSSR count). The molecule has 0 aromatic heterocycles. The van der Waals surface area contributed by atoms with Crippen LogP contribution in [0.15, 0.2) is 0 Å². The van der Waals surface area contributed by atoms with Gasteiger partial charge in [-0.3, -0.25) is 0 Å². The first-order valence-electron chi connectivity index (χ1n) is 5.35. The molecule has 2 heteroatoms. The highest BCUT2D eigenvalue weighted by molar-refractivity contribution is 5.40. The zero-order chi connectivity index (χ0) is 8.89. The van der Waals surface area contributed by atoms with Crippen LogP contribution in [0, 0.1) is 17.8 Å². The van der Waals surface area contributed by atoms with E-state index in [1.54, 1.807) is 6.47 Å². The van der Waals surface area contributed by atoms with Crippen LogP contribution in [0.5, 0.6) is 0 Å². The Morgan fingerprint density at radius 2 is 1.46 bits per heavy atom. The van der Waals surface area contributed by atoms with Gasteiger partial charge in [-0.1, -0.05) is 0 Å². The molecule has 0 heterocycles. The number of hydrogen-bond acceptors (Lipinski definition) is 2. The molecule has 0 aromatic carbocycles. The van der Waals surface area contributed by atoms with E-state index in [2.05, 4.69) is 0 Å². The smallest absolute Gasteiger partial charge is 0.418 e. The van der Waals surface area contributed by atoms with Crippen molar-refractivity contribution in [2.45, 2.75) is 44.1 Å². The van der Waals surface area contributed by atoms with Gasteiger partial charge < -0.3 is 4.74 Å². The second-order valence-electron chi connectivity index (χ2n) is 5.29. The lowest BCUT2D eigenvalue weighted by Gasteiger charge is -2.55. The van der Waals surface area contributed by atoms with E-state index in [0.717, 1.165) is 37.0 Å². The lowest BCUT2D eigenvalue weighted by atomic mass is 9.54. The fourth-order valence-electron chi connectivity index (χ4n) is 4.24. The Morgan fingerprint density at radius 1 is 1.00 bits per heavy atom. The summed E-state index contributed by atoms with van der Waals surface area (Å²) in [6, 6.07) is 0. The van der Waals surface area contributed by atoms with E-state index in [4.69, 9.17) is 4.74 Å². The summed E-state index contributed by atoms with van der Waals surface area (Å²) < 4.78 is 5.24. The molecule has 0 amide bonds. The molecule has 4 saturated carbocycles. The van der Waals surface area contributed by atoms with Gasteiger partial charge >= 0.3 is 6.47 Å². The summed E-state index contributed by atoms with van der Waals surface area (Å²) in [5.74, 6) is 2.54. The van der Waals surface area contributed by atoms with Crippen molar-refractivity contribution < 1.29 is 9.53 Å². The summed E-state index contributed by atoms with van der Waals surface area (Å²) in [6.45, 7) is 1.67. The third-order valence-corrected chi connectivity index (χ3v) is 4.24. The van der Waals surface area contributed by atoms with Gasteiger partial charge in [0.15, 0.2) is 0 Å². The van der Waals surface area contributed by atoms with E-state index in [1.807, 2.05) is 0 Å². The minimum Gasteiger partial charge on any atom is -0.451 e. The number of hydrogen-bond donors (Lipinski definition) is 0. The van der Waals surface area contributed by atoms with Crippen LogP contribution in [0.2, 0.25) is 0 Å². The third-order valence-electron chi connectivity index (χ3n) is 4.24. The van der Waals surface area contributed by atoms with Crippen LogP contribution in [0.3, 0.4) is 0 Å². The molecule has 0 aliphatic heterocycles. The Labute approximate surface area is 78.6 Å². The van der Waals surface area contributed by atoms with Crippen molar-refractivity contribution in [3.63, 3.8) is 0 Å². The average Bonchev–Trinajstić information content (AvgIpc) is 2.00. The van der Waals surface area contributed by atoms with Crippen molar-refractivity contribution >= 4 is 6.47 Å². The molecule has 4 fully saturated rings. The van der Waals surface area contributed by atoms with Gasteiger partial charge in [0, 0.05) is 0 Å². The molecule has 0 saturated heterocycles. The topological polar surface area (TPSA) is 26.3 Å². The molecule has 0 aromatic rings. The molecular formula is C11H15O2. The lowest BCUT2D eigenvalue weighted by molar-refractivity contribution is -0.115. The van der Waals surface area contributed by atoms with Crippen molar-refractivity contribution in [3.05, 3.63) is 0 Å². The van der Waals surface area contributed by atoms with Gasteiger partial charge in [0.2, 0.25) is 0 Å². The number of carbonyl (C=O) groups excluding carboxylic acids is 1. The van der Waals surface area contributed by atoms with E-state index in [1.165, 1.54) is 19.3 Å². The summed E-state index contributed by atoms with van der Waals surface area (Å²) in [5.41, 5.74) is -0.0729. The van der Waals surface area contributed by atoms with Crippen LogP contribution in [-0.2, 0) is 9.53 Å². The molecule has 0 N–H and O–H groups in total. The standard InChI is InChI=1S/C11H15O2/c12-7-13-11-4-8-1-9(5-11)3-10(2-8)6-11/h8-10H,1-6H2. The molecule has 13 heavy (non-hydrogen) atoms. The van der Waals surface area contributed by atoms with Crippen molar-refractivity contribution in [2.24, 2.45) is 17.8 Å². The molecule has 2 nitrogen and oxygen atoms in total. The highest BCUT2D eigenvalue weighted by atomic mass is 16.5. The maximum atomic E-state index is 10.3. The Hall–Kier alpha value is -0.530. The van der Waals surface area contributed by atoms with Gasteiger partial charge in [0.1, 0.15) is 5.60 Å². The number of rotatable bonds is 2. The first-order valence-corrected chi connectivity index (χ1v) is 5.35. The summed E-state index contributed by atoms with van der Waals surface area (Å²) in [7, 11) is 0. The average molecular weight is 179 g/mol. The predicted octanol–water partition coefficient (Wildman–Crippen LogP) is 2.04. The van der Waals surface area contributed by atoms with E-state index >= 15 is 0 Å². The second kappa shape index (κ2) is 2.49. The molecule has 71 valence electrons. The first kappa shape index (κ1) is 7.84. The molecule has 4 bridgehead atoms. The molecule has 4 aliphatic rings. The fourth-order valence-corrected chi connectivity index (χ4v) is 4.24. The van der Waals surface area contributed by atoms with Crippen LogP contribution >= 0.6 is 0 Å². The molecular weight excluding hydrogens is 164 g/mol. The third kappa shape index (κ3) is 1.11. The molecule has 1 radical (unpaired) electrons. The van der Waals surface area contributed by atoms with Crippen LogP contribution in [0.1, 0.15) is 38.5 Å². The zero-order valence-electron chi connectivity index (χ0n) is 7.79. The maximum absolute atomic E-state index is 10.3. The van der Waals surface area contributed by atoms with Gasteiger partial charge in [-0.05, 0) is 56.3 Å². The second-order valence-corrected chi connectivity index (χ2v) is 5.29. The fraction of sp³-hybridized carbons (Fsp3) is 0.909. The zero-order valence-corrected chi connectivity index (χ0v) is 7.79. The van der Waals surface area contributed by atoms with Crippen molar-refractivity contribution in [3.8, 4) is 0 Å². The summed E-state index contributed by atoms with van der Waals surface area (Å²) in [5, 5.41) is 0. The SMILES string of the molecule is O=[C]OC12CC3CC(CC(C3)C1)C2. The van der Waals surface area contributed by atoms with E-state index in [9.17, 15) is 4.79 Å². The Morgan fingerprint density at radius 3 is 1.85 bits per heavy atom. The van der Waals surface area contributed by atoms with Gasteiger partial charge in [-0.2, -0.15) is 0 Å². The predicted molar refractivity (Wildman–Crippen MR) is 47.7 cm³/mol. The van der Waals surface area contributed by atoms with Gasteiger partial charge in [0.05, 0.1) is 0 Å². The van der Waals surface area contributed by atoms with E-state index < -0.39 is 0 Å². The van der Waals surface area contributed by atoms with Gasteiger partial charge in [-0.25, -0.2) is 4.79 Å². The van der Waals surface area contributed by atoms with Crippen LogP contribution in [0.4, 0.5) is 0 Å². The lowest BCUT2D eigenvalue weighted by Crippen LogP contribution is -2.51. The van der Waals surface area contributed by atoms with E-state index in [-0.39, 0.29) is 5.60 Å². The molecule has 0 spiro atoms. The minimum atomic E-state index is -0.0729. The van der Waals surface area contributed by atoms with E-state index in [0.29, 0.717) is 0 Å². The van der Waals surface area contributed by atoms with Crippen molar-refractivity contribution in [1.29, 1.82) is 0 Å². The Bertz CT molecular complexity index is 199. The van der Waals surface area contributed by atoms with Gasteiger partial charge in [-0.15, -0.1) is 0 Å². The van der Waals surface area contributed by atoms with Crippen molar-refractivity contribution in [2.75, 3.05) is 0 Å². The first-order chi connectivity index (χ1) is 6.30. The normalized spacial score (nSPS) is 52.2.